The fourth-order valence-electron chi connectivity index (χ4n) is 2.08. The van der Waals surface area contributed by atoms with Gasteiger partial charge in [0.2, 0.25) is 0 Å². The van der Waals surface area contributed by atoms with Crippen LogP contribution < -0.4 is 5.73 Å². The molecule has 0 saturated heterocycles. The molecule has 20 heavy (non-hydrogen) atoms. The van der Waals surface area contributed by atoms with E-state index >= 15 is 0 Å². The minimum atomic E-state index is 0.549. The monoisotopic (exact) mass is 282 g/mol. The van der Waals surface area contributed by atoms with Crippen LogP contribution in [-0.4, -0.2) is 15.0 Å². The van der Waals surface area contributed by atoms with Crippen molar-refractivity contribution in [3.8, 4) is 21.8 Å². The van der Waals surface area contributed by atoms with Gasteiger partial charge in [-0.2, -0.15) is 0 Å². The van der Waals surface area contributed by atoms with Gasteiger partial charge in [0.05, 0.1) is 16.3 Å². The van der Waals surface area contributed by atoms with Crippen molar-refractivity contribution < 1.29 is 0 Å². The zero-order valence-electron chi connectivity index (χ0n) is 11.3. The van der Waals surface area contributed by atoms with Gasteiger partial charge in [0.25, 0.3) is 0 Å². The number of benzene rings is 1. The topological polar surface area (TPSA) is 64.7 Å². The Morgan fingerprint density at radius 1 is 1.10 bits per heavy atom. The third-order valence-corrected chi connectivity index (χ3v) is 3.85. The van der Waals surface area contributed by atoms with Crippen LogP contribution in [0.15, 0.2) is 36.5 Å². The second kappa shape index (κ2) is 5.02. The van der Waals surface area contributed by atoms with Gasteiger partial charge in [-0.1, -0.05) is 35.1 Å². The summed E-state index contributed by atoms with van der Waals surface area (Å²) in [6, 6.07) is 10.1. The normalized spacial score (nSPS) is 10.7. The van der Waals surface area contributed by atoms with Crippen molar-refractivity contribution in [2.24, 2.45) is 0 Å². The van der Waals surface area contributed by atoms with Crippen molar-refractivity contribution in [2.75, 3.05) is 5.73 Å². The van der Waals surface area contributed by atoms with Gasteiger partial charge in [0, 0.05) is 11.8 Å². The van der Waals surface area contributed by atoms with Crippen LogP contribution in [0.25, 0.3) is 21.8 Å². The average molecular weight is 282 g/mol. The predicted molar refractivity (Wildman–Crippen MR) is 82.5 cm³/mol. The summed E-state index contributed by atoms with van der Waals surface area (Å²) in [7, 11) is 0. The first-order valence-electron chi connectivity index (χ1n) is 6.27. The highest BCUT2D eigenvalue weighted by atomic mass is 32.1. The first-order chi connectivity index (χ1) is 9.63. The van der Waals surface area contributed by atoms with E-state index < -0.39 is 0 Å². The van der Waals surface area contributed by atoms with E-state index in [1.807, 2.05) is 25.1 Å². The van der Waals surface area contributed by atoms with Gasteiger partial charge in [-0.25, -0.2) is 15.0 Å². The minimum Gasteiger partial charge on any atom is -0.375 e. The molecule has 3 rings (SSSR count). The van der Waals surface area contributed by atoms with Gasteiger partial charge in [-0.05, 0) is 26.0 Å². The Morgan fingerprint density at radius 2 is 1.95 bits per heavy atom. The SMILES string of the molecule is Cc1cccc(-c2nc(N)sc2-c2ccnc(C)n2)c1. The molecule has 2 heterocycles. The number of nitrogens with two attached hydrogens (primary N) is 1. The lowest BCUT2D eigenvalue weighted by Crippen LogP contribution is -1.90. The second-order valence-electron chi connectivity index (χ2n) is 4.59. The Morgan fingerprint density at radius 3 is 2.70 bits per heavy atom. The molecule has 100 valence electrons. The molecule has 2 N–H and O–H groups in total. The summed E-state index contributed by atoms with van der Waals surface area (Å²) in [5.74, 6) is 0.740. The van der Waals surface area contributed by atoms with Crippen LogP contribution in [-0.2, 0) is 0 Å². The zero-order valence-corrected chi connectivity index (χ0v) is 12.1. The Hall–Kier alpha value is -2.27. The third kappa shape index (κ3) is 2.40. The molecular formula is C15H14N4S. The van der Waals surface area contributed by atoms with E-state index in [-0.39, 0.29) is 0 Å². The van der Waals surface area contributed by atoms with Gasteiger partial charge in [0.15, 0.2) is 5.13 Å². The van der Waals surface area contributed by atoms with Gasteiger partial charge < -0.3 is 5.73 Å². The maximum Gasteiger partial charge on any atom is 0.181 e. The van der Waals surface area contributed by atoms with E-state index in [1.165, 1.54) is 16.9 Å². The lowest BCUT2D eigenvalue weighted by atomic mass is 10.1. The summed E-state index contributed by atoms with van der Waals surface area (Å²) in [5, 5.41) is 0.549. The number of aromatic nitrogens is 3. The summed E-state index contributed by atoms with van der Waals surface area (Å²) in [6.45, 7) is 3.94. The largest absolute Gasteiger partial charge is 0.375 e. The van der Waals surface area contributed by atoms with Crippen molar-refractivity contribution in [1.82, 2.24) is 15.0 Å². The molecule has 0 bridgehead atoms. The Kier molecular flexibility index (Phi) is 3.20. The predicted octanol–water partition coefficient (Wildman–Crippen LogP) is 3.47. The van der Waals surface area contributed by atoms with E-state index in [9.17, 15) is 0 Å². The van der Waals surface area contributed by atoms with Crippen LogP contribution in [0, 0.1) is 13.8 Å². The minimum absolute atomic E-state index is 0.549. The second-order valence-corrected chi connectivity index (χ2v) is 5.62. The van der Waals surface area contributed by atoms with Crippen LogP contribution in [0.2, 0.25) is 0 Å². The van der Waals surface area contributed by atoms with E-state index in [4.69, 9.17) is 5.73 Å². The standard InChI is InChI=1S/C15H14N4S/c1-9-4-3-5-11(8-9)13-14(20-15(16)19-13)12-6-7-17-10(2)18-12/h3-8H,1-2H3,(H2,16,19). The third-order valence-electron chi connectivity index (χ3n) is 2.94. The van der Waals surface area contributed by atoms with Crippen molar-refractivity contribution in [2.45, 2.75) is 13.8 Å². The van der Waals surface area contributed by atoms with Gasteiger partial charge >= 0.3 is 0 Å². The number of nitrogens with zero attached hydrogens (tertiary/aromatic N) is 3. The molecule has 1 aromatic carbocycles. The van der Waals surface area contributed by atoms with Crippen molar-refractivity contribution in [3.05, 3.63) is 47.9 Å². The maximum atomic E-state index is 5.89. The summed E-state index contributed by atoms with van der Waals surface area (Å²) in [6.07, 6.45) is 1.76. The number of anilines is 1. The maximum absolute atomic E-state index is 5.89. The van der Waals surface area contributed by atoms with E-state index in [2.05, 4.69) is 34.0 Å². The molecule has 2 aromatic heterocycles. The summed E-state index contributed by atoms with van der Waals surface area (Å²) >= 11 is 1.45. The molecule has 5 heteroatoms. The van der Waals surface area contributed by atoms with Gasteiger partial charge in [-0.15, -0.1) is 0 Å². The molecule has 0 atom stereocenters. The van der Waals surface area contributed by atoms with Crippen molar-refractivity contribution in [3.63, 3.8) is 0 Å². The van der Waals surface area contributed by atoms with Crippen molar-refractivity contribution in [1.29, 1.82) is 0 Å². The fraction of sp³-hybridized carbons (Fsp3) is 0.133. The highest BCUT2D eigenvalue weighted by molar-refractivity contribution is 7.19. The lowest BCUT2D eigenvalue weighted by Gasteiger charge is -2.03. The molecule has 0 saturated carbocycles. The van der Waals surface area contributed by atoms with Gasteiger partial charge in [0.1, 0.15) is 5.82 Å². The quantitative estimate of drug-likeness (QED) is 0.781. The van der Waals surface area contributed by atoms with E-state index in [0.717, 1.165) is 27.7 Å². The number of hydrogen-bond donors (Lipinski definition) is 1. The highest BCUT2D eigenvalue weighted by Crippen LogP contribution is 2.37. The molecular weight excluding hydrogens is 268 g/mol. The molecule has 0 aliphatic rings. The molecule has 0 amide bonds. The van der Waals surface area contributed by atoms with Crippen LogP contribution in [0.4, 0.5) is 5.13 Å². The van der Waals surface area contributed by atoms with Crippen LogP contribution in [0.3, 0.4) is 0 Å². The highest BCUT2D eigenvalue weighted by Gasteiger charge is 2.15. The Labute approximate surface area is 121 Å². The van der Waals surface area contributed by atoms with Crippen molar-refractivity contribution >= 4 is 16.5 Å². The van der Waals surface area contributed by atoms with Crippen LogP contribution in [0.1, 0.15) is 11.4 Å². The molecule has 0 aliphatic heterocycles. The summed E-state index contributed by atoms with van der Waals surface area (Å²) in [4.78, 5) is 14.0. The summed E-state index contributed by atoms with van der Waals surface area (Å²) < 4.78 is 0. The molecule has 0 aliphatic carbocycles. The van der Waals surface area contributed by atoms with E-state index in [1.54, 1.807) is 6.20 Å². The number of nitrogen functional groups attached to an aromatic ring is 1. The molecule has 4 nitrogen and oxygen atoms in total. The molecule has 0 spiro atoms. The lowest BCUT2D eigenvalue weighted by molar-refractivity contribution is 1.06. The zero-order chi connectivity index (χ0) is 14.1. The number of thiazole rings is 1. The Bertz CT molecular complexity index is 701. The number of hydrogen-bond acceptors (Lipinski definition) is 5. The summed E-state index contributed by atoms with van der Waals surface area (Å²) in [5.41, 5.74) is 9.89. The first kappa shape index (κ1) is 12.7. The smallest absolute Gasteiger partial charge is 0.181 e. The molecule has 0 unspecified atom stereocenters. The van der Waals surface area contributed by atoms with Crippen LogP contribution >= 0.6 is 11.3 Å². The number of aryl methyl sites for hydroxylation is 2. The first-order valence-corrected chi connectivity index (χ1v) is 7.08. The Balaban J connectivity index is 2.18. The van der Waals surface area contributed by atoms with Gasteiger partial charge in [-0.3, -0.25) is 0 Å². The average Bonchev–Trinajstić information content (AvgIpc) is 2.81. The van der Waals surface area contributed by atoms with Crippen LogP contribution in [0.5, 0.6) is 0 Å². The molecule has 0 radical (unpaired) electrons. The fourth-order valence-corrected chi connectivity index (χ4v) is 2.91. The van der Waals surface area contributed by atoms with E-state index in [0.29, 0.717) is 5.13 Å². The molecule has 3 aromatic rings. The number of rotatable bonds is 2. The molecule has 0 fully saturated rings.